The number of ether oxygens (including phenoxy) is 1. The lowest BCUT2D eigenvalue weighted by Gasteiger charge is -2.30. The number of carboxylic acid groups (broad SMARTS) is 1. The normalized spacial score (nSPS) is 14.7. The second-order valence-electron chi connectivity index (χ2n) is 4.88. The van der Waals surface area contributed by atoms with Crippen LogP contribution in [-0.4, -0.2) is 29.2 Å². The maximum Gasteiger partial charge on any atom is 0.378 e. The molecule has 1 atom stereocenters. The summed E-state index contributed by atoms with van der Waals surface area (Å²) in [5.74, 6) is -6.06. The molecule has 0 saturated heterocycles. The molecule has 0 fully saturated rings. The fraction of sp³-hybridized carbons (Fsp3) is 0.267. The van der Waals surface area contributed by atoms with Gasteiger partial charge in [-0.3, -0.25) is 0 Å². The number of halogens is 2. The Labute approximate surface area is 119 Å². The van der Waals surface area contributed by atoms with Gasteiger partial charge in [0.25, 0.3) is 0 Å². The minimum absolute atomic E-state index is 0.174. The number of benzene rings is 2. The maximum absolute atomic E-state index is 13.7. The third-order valence-electron chi connectivity index (χ3n) is 3.49. The smallest absolute Gasteiger partial charge is 0.378 e. The molecule has 21 heavy (non-hydrogen) atoms. The molecule has 0 heterocycles. The van der Waals surface area contributed by atoms with Gasteiger partial charge in [-0.25, -0.2) is 4.79 Å². The van der Waals surface area contributed by atoms with Crippen molar-refractivity contribution in [3.05, 3.63) is 42.0 Å². The molecule has 2 N–H and O–H groups in total. The third-order valence-corrected chi connectivity index (χ3v) is 3.49. The Bertz CT molecular complexity index is 695. The quantitative estimate of drug-likeness (QED) is 0.910. The summed E-state index contributed by atoms with van der Waals surface area (Å²) in [7, 11) is 1.51. The van der Waals surface area contributed by atoms with E-state index in [1.807, 2.05) is 0 Å². The molecular formula is C15H14F2O4. The zero-order valence-electron chi connectivity index (χ0n) is 11.4. The van der Waals surface area contributed by atoms with E-state index in [-0.39, 0.29) is 5.56 Å². The molecule has 0 aliphatic rings. The Kier molecular flexibility index (Phi) is 3.59. The highest BCUT2D eigenvalue weighted by Crippen LogP contribution is 2.38. The Morgan fingerprint density at radius 2 is 1.71 bits per heavy atom. The summed E-state index contributed by atoms with van der Waals surface area (Å²) in [5.41, 5.74) is -2.99. The number of hydrogen-bond donors (Lipinski definition) is 2. The first kappa shape index (κ1) is 15.2. The molecular weight excluding hydrogens is 282 g/mol. The molecule has 0 spiro atoms. The van der Waals surface area contributed by atoms with Crippen molar-refractivity contribution >= 4 is 16.7 Å². The first-order valence-corrected chi connectivity index (χ1v) is 6.12. The van der Waals surface area contributed by atoms with Gasteiger partial charge in [0.2, 0.25) is 0 Å². The molecule has 4 nitrogen and oxygen atoms in total. The van der Waals surface area contributed by atoms with Crippen molar-refractivity contribution in [2.75, 3.05) is 7.11 Å². The van der Waals surface area contributed by atoms with Gasteiger partial charge in [0, 0.05) is 0 Å². The Hall–Kier alpha value is -2.21. The molecule has 0 aliphatic heterocycles. The summed E-state index contributed by atoms with van der Waals surface area (Å²) in [4.78, 5) is 10.7. The van der Waals surface area contributed by atoms with Crippen LogP contribution in [0, 0.1) is 0 Å². The fourth-order valence-corrected chi connectivity index (χ4v) is 2.04. The molecule has 6 heteroatoms. The van der Waals surface area contributed by atoms with Gasteiger partial charge < -0.3 is 14.9 Å². The van der Waals surface area contributed by atoms with Crippen LogP contribution in [0.5, 0.6) is 5.75 Å². The predicted octanol–water partition coefficient (Wildman–Crippen LogP) is 2.78. The number of rotatable bonds is 4. The largest absolute Gasteiger partial charge is 0.497 e. The zero-order valence-corrected chi connectivity index (χ0v) is 11.4. The molecule has 0 aromatic heterocycles. The van der Waals surface area contributed by atoms with E-state index in [0.717, 1.165) is 12.3 Å². The van der Waals surface area contributed by atoms with E-state index >= 15 is 0 Å². The van der Waals surface area contributed by atoms with Gasteiger partial charge in [0.15, 0.2) is 5.60 Å². The van der Waals surface area contributed by atoms with Crippen molar-refractivity contribution < 1.29 is 28.5 Å². The van der Waals surface area contributed by atoms with Gasteiger partial charge in [-0.1, -0.05) is 18.2 Å². The molecule has 1 unspecified atom stereocenters. The number of aliphatic hydroxyl groups is 1. The van der Waals surface area contributed by atoms with E-state index in [9.17, 15) is 18.7 Å². The van der Waals surface area contributed by atoms with Crippen LogP contribution in [0.15, 0.2) is 36.4 Å². The lowest BCUT2D eigenvalue weighted by molar-refractivity contribution is -0.207. The first-order valence-electron chi connectivity index (χ1n) is 6.12. The van der Waals surface area contributed by atoms with Crippen LogP contribution in [0.2, 0.25) is 0 Å². The summed E-state index contributed by atoms with van der Waals surface area (Å²) in [6.07, 6.45) is 0. The third kappa shape index (κ3) is 2.42. The molecule has 0 bridgehead atoms. The SMILES string of the molecule is COc1ccc2cc(C(C)(O)C(F)(F)C(=O)O)ccc2c1. The average Bonchev–Trinajstić information content (AvgIpc) is 2.45. The van der Waals surface area contributed by atoms with Crippen molar-refractivity contribution in [3.8, 4) is 5.75 Å². The minimum atomic E-state index is -4.30. The van der Waals surface area contributed by atoms with Crippen LogP contribution in [0.4, 0.5) is 8.78 Å². The van der Waals surface area contributed by atoms with Gasteiger partial charge in [0.05, 0.1) is 7.11 Å². The Morgan fingerprint density at radius 1 is 1.14 bits per heavy atom. The predicted molar refractivity (Wildman–Crippen MR) is 72.7 cm³/mol. The lowest BCUT2D eigenvalue weighted by Crippen LogP contribution is -2.48. The van der Waals surface area contributed by atoms with Gasteiger partial charge in [-0.15, -0.1) is 0 Å². The van der Waals surface area contributed by atoms with E-state index in [1.54, 1.807) is 18.2 Å². The average molecular weight is 296 g/mol. The summed E-state index contributed by atoms with van der Waals surface area (Å²) >= 11 is 0. The highest BCUT2D eigenvalue weighted by molar-refractivity contribution is 5.85. The second-order valence-corrected chi connectivity index (χ2v) is 4.88. The van der Waals surface area contributed by atoms with Gasteiger partial charge in [0.1, 0.15) is 5.75 Å². The molecule has 0 aliphatic carbocycles. The number of fused-ring (bicyclic) bond motifs is 1. The molecule has 0 radical (unpaired) electrons. The molecule has 2 rings (SSSR count). The molecule has 112 valence electrons. The van der Waals surface area contributed by atoms with Crippen molar-refractivity contribution in [1.82, 2.24) is 0 Å². The monoisotopic (exact) mass is 296 g/mol. The van der Waals surface area contributed by atoms with Crippen molar-refractivity contribution in [2.45, 2.75) is 18.4 Å². The molecule has 0 amide bonds. The van der Waals surface area contributed by atoms with Crippen LogP contribution in [-0.2, 0) is 10.4 Å². The summed E-state index contributed by atoms with van der Waals surface area (Å²) < 4.78 is 32.4. The molecule has 2 aromatic rings. The van der Waals surface area contributed by atoms with E-state index in [2.05, 4.69) is 0 Å². The van der Waals surface area contributed by atoms with E-state index in [4.69, 9.17) is 9.84 Å². The number of alkyl halides is 2. The topological polar surface area (TPSA) is 66.8 Å². The van der Waals surface area contributed by atoms with Crippen LogP contribution < -0.4 is 4.74 Å². The van der Waals surface area contributed by atoms with E-state index in [0.29, 0.717) is 11.1 Å². The number of aliphatic carboxylic acids is 1. The van der Waals surface area contributed by atoms with Crippen molar-refractivity contribution in [1.29, 1.82) is 0 Å². The summed E-state index contributed by atoms with van der Waals surface area (Å²) in [5, 5.41) is 19.9. The first-order chi connectivity index (χ1) is 9.70. The minimum Gasteiger partial charge on any atom is -0.497 e. The van der Waals surface area contributed by atoms with Gasteiger partial charge in [-0.2, -0.15) is 8.78 Å². The van der Waals surface area contributed by atoms with Crippen LogP contribution in [0.25, 0.3) is 10.8 Å². The molecule has 2 aromatic carbocycles. The number of hydrogen-bond acceptors (Lipinski definition) is 3. The lowest BCUT2D eigenvalue weighted by atomic mass is 9.88. The molecule has 0 saturated carbocycles. The zero-order chi connectivity index (χ0) is 15.8. The van der Waals surface area contributed by atoms with E-state index in [1.165, 1.54) is 25.3 Å². The highest BCUT2D eigenvalue weighted by atomic mass is 19.3. The maximum atomic E-state index is 13.7. The second kappa shape index (κ2) is 4.96. The number of methoxy groups -OCH3 is 1. The number of carbonyl (C=O) groups is 1. The van der Waals surface area contributed by atoms with Gasteiger partial charge >= 0.3 is 11.9 Å². The standard InChI is InChI=1S/C15H14F2O4/c1-14(20,15(16,17)13(18)19)11-5-3-10-8-12(21-2)6-4-9(10)7-11/h3-8,20H,1-2H3,(H,18,19). The summed E-state index contributed by atoms with van der Waals surface area (Å²) in [6, 6.07) is 9.15. The Morgan fingerprint density at radius 3 is 2.29 bits per heavy atom. The Balaban J connectivity index is 2.55. The number of carboxylic acids is 1. The van der Waals surface area contributed by atoms with Crippen LogP contribution in [0.3, 0.4) is 0 Å². The van der Waals surface area contributed by atoms with Crippen LogP contribution in [0.1, 0.15) is 12.5 Å². The van der Waals surface area contributed by atoms with Crippen molar-refractivity contribution in [2.24, 2.45) is 0 Å². The van der Waals surface area contributed by atoms with Crippen molar-refractivity contribution in [3.63, 3.8) is 0 Å². The fourth-order valence-electron chi connectivity index (χ4n) is 2.04. The van der Waals surface area contributed by atoms with E-state index < -0.39 is 17.5 Å². The summed E-state index contributed by atoms with van der Waals surface area (Å²) in [6.45, 7) is 0.784. The highest BCUT2D eigenvalue weighted by Gasteiger charge is 2.56. The van der Waals surface area contributed by atoms with Gasteiger partial charge in [-0.05, 0) is 41.5 Å². The van der Waals surface area contributed by atoms with Crippen LogP contribution >= 0.6 is 0 Å².